The Morgan fingerprint density at radius 2 is 2.15 bits per heavy atom. The van der Waals surface area contributed by atoms with E-state index in [0.717, 1.165) is 32.4 Å². The second kappa shape index (κ2) is 7.79. The molecule has 2 rings (SSSR count). The molecule has 1 aliphatic carbocycles. The molecule has 0 unspecified atom stereocenters. The maximum atomic E-state index is 9.05. The lowest BCUT2D eigenvalue weighted by Gasteiger charge is -2.37. The average Bonchev–Trinajstić information content (AvgIpc) is 2.84. The van der Waals surface area contributed by atoms with E-state index in [-0.39, 0.29) is 6.61 Å². The Bertz CT molecular complexity index is 383. The Hall–Kier alpha value is -0.870. The first-order valence-corrected chi connectivity index (χ1v) is 8.17. The van der Waals surface area contributed by atoms with Crippen molar-refractivity contribution in [1.82, 2.24) is 14.7 Å². The molecule has 0 saturated heterocycles. The summed E-state index contributed by atoms with van der Waals surface area (Å²) < 4.78 is 2.13. The van der Waals surface area contributed by atoms with Crippen molar-refractivity contribution in [2.45, 2.75) is 71.0 Å². The third kappa shape index (κ3) is 3.83. The zero-order valence-electron chi connectivity index (χ0n) is 13.0. The maximum Gasteiger partial charge on any atom is 0.0765 e. The monoisotopic (exact) mass is 279 g/mol. The molecule has 0 atom stereocenters. The first kappa shape index (κ1) is 15.5. The number of nitrogens with zero attached hydrogens (tertiary/aromatic N) is 3. The van der Waals surface area contributed by atoms with Crippen molar-refractivity contribution in [3.8, 4) is 0 Å². The zero-order valence-corrected chi connectivity index (χ0v) is 13.0. The van der Waals surface area contributed by atoms with Crippen LogP contribution in [0.1, 0.15) is 64.1 Å². The lowest BCUT2D eigenvalue weighted by Crippen LogP contribution is -2.40. The molecule has 1 heterocycles. The van der Waals surface area contributed by atoms with Crippen molar-refractivity contribution < 1.29 is 5.11 Å². The van der Waals surface area contributed by atoms with Crippen LogP contribution in [-0.4, -0.2) is 39.0 Å². The second-order valence-corrected chi connectivity index (χ2v) is 5.89. The molecule has 1 aliphatic rings. The van der Waals surface area contributed by atoms with Crippen LogP contribution < -0.4 is 0 Å². The van der Waals surface area contributed by atoms with Crippen LogP contribution in [0.4, 0.5) is 0 Å². The van der Waals surface area contributed by atoms with Crippen LogP contribution in [-0.2, 0) is 6.54 Å². The quantitative estimate of drug-likeness (QED) is 0.755. The Morgan fingerprint density at radius 1 is 1.40 bits per heavy atom. The van der Waals surface area contributed by atoms with Crippen molar-refractivity contribution in [3.05, 3.63) is 18.0 Å². The predicted molar refractivity (Wildman–Crippen MR) is 81.6 cm³/mol. The van der Waals surface area contributed by atoms with Gasteiger partial charge in [0.2, 0.25) is 0 Å². The van der Waals surface area contributed by atoms with Crippen LogP contribution in [0.15, 0.2) is 12.3 Å². The molecule has 20 heavy (non-hydrogen) atoms. The van der Waals surface area contributed by atoms with Gasteiger partial charge in [-0.15, -0.1) is 0 Å². The summed E-state index contributed by atoms with van der Waals surface area (Å²) in [7, 11) is 0. The number of aromatic nitrogens is 2. The lowest BCUT2D eigenvalue weighted by molar-refractivity contribution is 0.107. The fourth-order valence-electron chi connectivity index (χ4n) is 2.95. The predicted octanol–water partition coefficient (Wildman–Crippen LogP) is 2.98. The molecule has 4 nitrogen and oxygen atoms in total. The van der Waals surface area contributed by atoms with Gasteiger partial charge in [0, 0.05) is 31.9 Å². The van der Waals surface area contributed by atoms with Gasteiger partial charge < -0.3 is 5.11 Å². The van der Waals surface area contributed by atoms with Crippen molar-refractivity contribution in [3.63, 3.8) is 0 Å². The first-order chi connectivity index (χ1) is 9.78. The molecule has 0 aromatic carbocycles. The molecule has 1 aromatic rings. The smallest absolute Gasteiger partial charge is 0.0765 e. The molecule has 1 aromatic heterocycles. The summed E-state index contributed by atoms with van der Waals surface area (Å²) in [6.45, 7) is 6.64. The molecular formula is C16H29N3O. The summed E-state index contributed by atoms with van der Waals surface area (Å²) in [6, 6.07) is 3.39. The van der Waals surface area contributed by atoms with Gasteiger partial charge >= 0.3 is 0 Å². The minimum atomic E-state index is 0.283. The van der Waals surface area contributed by atoms with E-state index in [9.17, 15) is 0 Å². The molecule has 4 heteroatoms. The van der Waals surface area contributed by atoms with Crippen molar-refractivity contribution in [2.24, 2.45) is 0 Å². The van der Waals surface area contributed by atoms with E-state index in [2.05, 4.69) is 35.7 Å². The number of hydrogen-bond acceptors (Lipinski definition) is 3. The highest BCUT2D eigenvalue weighted by molar-refractivity contribution is 5.01. The number of aliphatic hydroxyl groups is 1. The molecule has 1 N–H and O–H groups in total. The topological polar surface area (TPSA) is 41.3 Å². The Morgan fingerprint density at radius 3 is 2.70 bits per heavy atom. The van der Waals surface area contributed by atoms with Crippen LogP contribution in [0.5, 0.6) is 0 Å². The summed E-state index contributed by atoms with van der Waals surface area (Å²) in [4.78, 5) is 2.50. The highest BCUT2D eigenvalue weighted by Gasteiger charge is 2.25. The third-order valence-corrected chi connectivity index (χ3v) is 4.54. The largest absolute Gasteiger partial charge is 0.396 e. The van der Waals surface area contributed by atoms with Crippen molar-refractivity contribution >= 4 is 0 Å². The highest BCUT2D eigenvalue weighted by atomic mass is 16.3. The molecule has 0 radical (unpaired) electrons. The van der Waals surface area contributed by atoms with E-state index in [1.807, 2.05) is 0 Å². The van der Waals surface area contributed by atoms with Gasteiger partial charge in [0.05, 0.1) is 11.7 Å². The van der Waals surface area contributed by atoms with Gasteiger partial charge in [-0.3, -0.25) is 9.58 Å². The molecule has 0 aliphatic heterocycles. The van der Waals surface area contributed by atoms with E-state index < -0.39 is 0 Å². The molecule has 0 amide bonds. The van der Waals surface area contributed by atoms with Crippen molar-refractivity contribution in [1.29, 1.82) is 0 Å². The first-order valence-electron chi connectivity index (χ1n) is 8.17. The van der Waals surface area contributed by atoms with E-state index in [1.54, 1.807) is 0 Å². The van der Waals surface area contributed by atoms with Crippen LogP contribution in [0.25, 0.3) is 0 Å². The Kier molecular flexibility index (Phi) is 6.05. The van der Waals surface area contributed by atoms with Crippen LogP contribution in [0, 0.1) is 0 Å². The summed E-state index contributed by atoms with van der Waals surface area (Å²) >= 11 is 0. The molecule has 1 saturated carbocycles. The summed E-state index contributed by atoms with van der Waals surface area (Å²) in [6.07, 6.45) is 9.21. The molecule has 0 bridgehead atoms. The standard InChI is InChI=1S/C16H29N3O/c1-3-15(4-2)19-11-9-14(17-19)13-18(10-6-12-20)16-7-5-8-16/h9,11,15-16,20H,3-8,10,12-13H2,1-2H3. The van der Waals surface area contributed by atoms with Gasteiger partial charge in [0.25, 0.3) is 0 Å². The Balaban J connectivity index is 1.95. The zero-order chi connectivity index (χ0) is 14.4. The summed E-state index contributed by atoms with van der Waals surface area (Å²) in [5.74, 6) is 0. The van der Waals surface area contributed by atoms with Crippen molar-refractivity contribution in [2.75, 3.05) is 13.2 Å². The highest BCUT2D eigenvalue weighted by Crippen LogP contribution is 2.26. The van der Waals surface area contributed by atoms with Gasteiger partial charge in [-0.2, -0.15) is 5.10 Å². The number of rotatable bonds is 9. The minimum Gasteiger partial charge on any atom is -0.396 e. The Labute approximate surface area is 122 Å². The number of hydrogen-bond donors (Lipinski definition) is 1. The van der Waals surface area contributed by atoms with E-state index >= 15 is 0 Å². The molecule has 0 spiro atoms. The third-order valence-electron chi connectivity index (χ3n) is 4.54. The van der Waals surface area contributed by atoms with Gasteiger partial charge in [-0.05, 0) is 38.2 Å². The summed E-state index contributed by atoms with van der Waals surface area (Å²) in [5, 5.41) is 13.8. The molecule has 114 valence electrons. The van der Waals surface area contributed by atoms with Gasteiger partial charge in [-0.25, -0.2) is 0 Å². The van der Waals surface area contributed by atoms with Gasteiger partial charge in [0.1, 0.15) is 0 Å². The van der Waals surface area contributed by atoms with Crippen LogP contribution >= 0.6 is 0 Å². The minimum absolute atomic E-state index is 0.283. The maximum absolute atomic E-state index is 9.05. The fourth-order valence-corrected chi connectivity index (χ4v) is 2.95. The number of aliphatic hydroxyl groups excluding tert-OH is 1. The van der Waals surface area contributed by atoms with E-state index in [0.29, 0.717) is 12.1 Å². The lowest BCUT2D eigenvalue weighted by atomic mass is 9.91. The fraction of sp³-hybridized carbons (Fsp3) is 0.812. The normalized spacial score (nSPS) is 16.1. The van der Waals surface area contributed by atoms with Gasteiger partial charge in [0.15, 0.2) is 0 Å². The van der Waals surface area contributed by atoms with Crippen LogP contribution in [0.3, 0.4) is 0 Å². The van der Waals surface area contributed by atoms with Gasteiger partial charge in [-0.1, -0.05) is 20.3 Å². The molecular weight excluding hydrogens is 250 g/mol. The summed E-state index contributed by atoms with van der Waals surface area (Å²) in [5.41, 5.74) is 1.17. The SMILES string of the molecule is CCC(CC)n1ccc(CN(CCCO)C2CCC2)n1. The van der Waals surface area contributed by atoms with E-state index in [1.165, 1.54) is 25.0 Å². The average molecular weight is 279 g/mol. The molecule has 1 fully saturated rings. The second-order valence-electron chi connectivity index (χ2n) is 5.89. The van der Waals surface area contributed by atoms with Crippen LogP contribution in [0.2, 0.25) is 0 Å². The van der Waals surface area contributed by atoms with E-state index in [4.69, 9.17) is 10.2 Å².